The molecule has 0 saturated carbocycles. The Labute approximate surface area is 139 Å². The van der Waals surface area contributed by atoms with E-state index in [9.17, 15) is 0 Å². The minimum atomic E-state index is 0.328. The van der Waals surface area contributed by atoms with Gasteiger partial charge < -0.3 is 5.32 Å². The zero-order chi connectivity index (χ0) is 16.0. The molecule has 1 aromatic carbocycles. The fourth-order valence-electron chi connectivity index (χ4n) is 4.08. The van der Waals surface area contributed by atoms with Crippen LogP contribution in [0.4, 0.5) is 0 Å². The molecule has 1 heteroatoms. The topological polar surface area (TPSA) is 12.0 Å². The second-order valence-corrected chi connectivity index (χ2v) is 7.09. The zero-order valence-corrected chi connectivity index (χ0v) is 14.2. The molecule has 4 rings (SSSR count). The Hall–Kier alpha value is -1.86. The van der Waals surface area contributed by atoms with Crippen LogP contribution >= 0.6 is 0 Å². The Morgan fingerprint density at radius 2 is 1.96 bits per heavy atom. The third kappa shape index (κ3) is 2.35. The van der Waals surface area contributed by atoms with Gasteiger partial charge in [-0.25, -0.2) is 0 Å². The van der Waals surface area contributed by atoms with Crippen molar-refractivity contribution in [3.8, 4) is 0 Å². The van der Waals surface area contributed by atoms with Crippen LogP contribution in [0.2, 0.25) is 0 Å². The number of rotatable bonds is 3. The van der Waals surface area contributed by atoms with Crippen LogP contribution in [0.1, 0.15) is 61.4 Å². The van der Waals surface area contributed by atoms with Gasteiger partial charge in [-0.05, 0) is 72.9 Å². The van der Waals surface area contributed by atoms with Gasteiger partial charge in [0.1, 0.15) is 0 Å². The first kappa shape index (κ1) is 14.7. The van der Waals surface area contributed by atoms with Crippen LogP contribution in [0.25, 0.3) is 11.6 Å². The van der Waals surface area contributed by atoms with E-state index in [1.54, 1.807) is 5.57 Å². The van der Waals surface area contributed by atoms with Gasteiger partial charge in [-0.15, -0.1) is 0 Å². The zero-order valence-electron chi connectivity index (χ0n) is 14.2. The molecule has 1 aromatic rings. The molecule has 3 aliphatic rings. The SMILES string of the molecule is C=C(C)C(C)NC1C2=C(C=CCC2)c2ccc3c(c21)C=CCC3. The maximum atomic E-state index is 4.14. The lowest BCUT2D eigenvalue weighted by Crippen LogP contribution is -2.32. The first-order valence-electron chi connectivity index (χ1n) is 8.80. The third-order valence-electron chi connectivity index (χ3n) is 5.54. The van der Waals surface area contributed by atoms with E-state index in [0.29, 0.717) is 12.1 Å². The summed E-state index contributed by atoms with van der Waals surface area (Å²) >= 11 is 0. The molecule has 23 heavy (non-hydrogen) atoms. The highest BCUT2D eigenvalue weighted by Crippen LogP contribution is 2.48. The highest BCUT2D eigenvalue weighted by molar-refractivity contribution is 5.88. The second kappa shape index (κ2) is 5.65. The van der Waals surface area contributed by atoms with Crippen LogP contribution in [0.5, 0.6) is 0 Å². The molecule has 0 spiro atoms. The van der Waals surface area contributed by atoms with Crippen LogP contribution in [0.3, 0.4) is 0 Å². The van der Waals surface area contributed by atoms with Gasteiger partial charge in [0.25, 0.3) is 0 Å². The van der Waals surface area contributed by atoms with Crippen molar-refractivity contribution < 1.29 is 0 Å². The lowest BCUT2D eigenvalue weighted by molar-refractivity contribution is 0.532. The molecule has 0 heterocycles. The average Bonchev–Trinajstić information content (AvgIpc) is 2.89. The summed E-state index contributed by atoms with van der Waals surface area (Å²) in [5, 5.41) is 3.86. The molecule has 2 atom stereocenters. The number of allylic oxidation sites excluding steroid dienone is 4. The number of fused-ring (bicyclic) bond motifs is 4. The summed E-state index contributed by atoms with van der Waals surface area (Å²) in [4.78, 5) is 0. The van der Waals surface area contributed by atoms with Gasteiger partial charge in [0.05, 0.1) is 6.04 Å². The Kier molecular flexibility index (Phi) is 3.61. The van der Waals surface area contributed by atoms with Crippen molar-refractivity contribution in [2.75, 3.05) is 0 Å². The molecule has 0 bridgehead atoms. The fraction of sp³-hybridized carbons (Fsp3) is 0.364. The highest BCUT2D eigenvalue weighted by Gasteiger charge is 2.34. The van der Waals surface area contributed by atoms with Gasteiger partial charge in [-0.2, -0.15) is 0 Å². The number of hydrogen-bond donors (Lipinski definition) is 1. The van der Waals surface area contributed by atoms with Crippen LogP contribution in [-0.2, 0) is 6.42 Å². The molecule has 0 saturated heterocycles. The Balaban J connectivity index is 1.86. The lowest BCUT2D eigenvalue weighted by Gasteiger charge is -2.26. The molecule has 1 N–H and O–H groups in total. The fourth-order valence-corrected chi connectivity index (χ4v) is 4.08. The van der Waals surface area contributed by atoms with Gasteiger partial charge in [0.2, 0.25) is 0 Å². The summed E-state index contributed by atoms with van der Waals surface area (Å²) in [6.45, 7) is 8.48. The summed E-state index contributed by atoms with van der Waals surface area (Å²) in [5.74, 6) is 0. The predicted octanol–water partition coefficient (Wildman–Crippen LogP) is 5.36. The smallest absolute Gasteiger partial charge is 0.0561 e. The summed E-state index contributed by atoms with van der Waals surface area (Å²) < 4.78 is 0. The second-order valence-electron chi connectivity index (χ2n) is 7.09. The molecule has 1 nitrogen and oxygen atoms in total. The molecule has 0 radical (unpaired) electrons. The van der Waals surface area contributed by atoms with Crippen molar-refractivity contribution in [1.29, 1.82) is 0 Å². The minimum Gasteiger partial charge on any atom is -0.300 e. The van der Waals surface area contributed by atoms with Gasteiger partial charge in [-0.3, -0.25) is 0 Å². The first-order valence-corrected chi connectivity index (χ1v) is 8.80. The molecule has 118 valence electrons. The summed E-state index contributed by atoms with van der Waals surface area (Å²) in [7, 11) is 0. The summed E-state index contributed by atoms with van der Waals surface area (Å²) in [6, 6.07) is 5.36. The molecule has 3 aliphatic carbocycles. The highest BCUT2D eigenvalue weighted by atomic mass is 15.0. The van der Waals surface area contributed by atoms with E-state index < -0.39 is 0 Å². The monoisotopic (exact) mass is 303 g/mol. The van der Waals surface area contributed by atoms with E-state index in [0.717, 1.165) is 6.42 Å². The van der Waals surface area contributed by atoms with E-state index in [-0.39, 0.29) is 0 Å². The lowest BCUT2D eigenvalue weighted by atomic mass is 9.88. The van der Waals surface area contributed by atoms with Crippen molar-refractivity contribution in [1.82, 2.24) is 5.32 Å². The van der Waals surface area contributed by atoms with Gasteiger partial charge in [0.15, 0.2) is 0 Å². The molecule has 0 fully saturated rings. The summed E-state index contributed by atoms with van der Waals surface area (Å²) in [5.41, 5.74) is 10.1. The standard InChI is InChI=1S/C22H25N/c1-14(2)15(3)23-22-20-11-7-6-10-18(20)19-13-12-16-8-4-5-9-17(16)21(19)22/h5-6,9-10,12-13,15,22-23H,1,4,7-8,11H2,2-3H3. The Morgan fingerprint density at radius 1 is 1.17 bits per heavy atom. The average molecular weight is 303 g/mol. The predicted molar refractivity (Wildman–Crippen MR) is 99.2 cm³/mol. The quantitative estimate of drug-likeness (QED) is 0.741. The van der Waals surface area contributed by atoms with Crippen LogP contribution < -0.4 is 5.32 Å². The van der Waals surface area contributed by atoms with Gasteiger partial charge >= 0.3 is 0 Å². The molecular weight excluding hydrogens is 278 g/mol. The van der Waals surface area contributed by atoms with Crippen molar-refractivity contribution in [3.05, 3.63) is 70.3 Å². The van der Waals surface area contributed by atoms with Crippen LogP contribution in [0, 0.1) is 0 Å². The van der Waals surface area contributed by atoms with Gasteiger partial charge in [-0.1, -0.05) is 48.6 Å². The molecular formula is C22H25N. The number of benzene rings is 1. The first-order chi connectivity index (χ1) is 11.2. The number of hydrogen-bond acceptors (Lipinski definition) is 1. The number of nitrogens with one attached hydrogen (secondary N) is 1. The van der Waals surface area contributed by atoms with E-state index in [1.807, 2.05) is 0 Å². The molecule has 2 unspecified atom stereocenters. The summed E-state index contributed by atoms with van der Waals surface area (Å²) in [6.07, 6.45) is 14.0. The van der Waals surface area contributed by atoms with Crippen LogP contribution in [0.15, 0.2) is 48.1 Å². The molecule has 0 amide bonds. The van der Waals surface area contributed by atoms with Crippen molar-refractivity contribution in [2.24, 2.45) is 0 Å². The van der Waals surface area contributed by atoms with Crippen molar-refractivity contribution in [3.63, 3.8) is 0 Å². The normalized spacial score (nSPS) is 22.6. The van der Waals surface area contributed by atoms with E-state index in [2.05, 4.69) is 62.2 Å². The van der Waals surface area contributed by atoms with E-state index >= 15 is 0 Å². The molecule has 0 aromatic heterocycles. The van der Waals surface area contributed by atoms with Crippen molar-refractivity contribution >= 4 is 11.6 Å². The number of aryl methyl sites for hydroxylation is 1. The Bertz CT molecular complexity index is 760. The van der Waals surface area contributed by atoms with Crippen molar-refractivity contribution in [2.45, 2.75) is 51.6 Å². The Morgan fingerprint density at radius 3 is 2.78 bits per heavy atom. The minimum absolute atomic E-state index is 0.328. The third-order valence-corrected chi connectivity index (χ3v) is 5.54. The van der Waals surface area contributed by atoms with Crippen LogP contribution in [-0.4, -0.2) is 6.04 Å². The van der Waals surface area contributed by atoms with Gasteiger partial charge in [0, 0.05) is 6.04 Å². The van der Waals surface area contributed by atoms with E-state index in [1.165, 1.54) is 52.7 Å². The largest absolute Gasteiger partial charge is 0.300 e. The maximum absolute atomic E-state index is 4.14. The molecule has 0 aliphatic heterocycles. The van der Waals surface area contributed by atoms with E-state index in [4.69, 9.17) is 0 Å². The maximum Gasteiger partial charge on any atom is 0.0561 e.